The fourth-order valence-electron chi connectivity index (χ4n) is 2.71. The van der Waals surface area contributed by atoms with Gasteiger partial charge in [0.25, 0.3) is 0 Å². The summed E-state index contributed by atoms with van der Waals surface area (Å²) in [5, 5.41) is 0. The van der Waals surface area contributed by atoms with E-state index < -0.39 is 10.0 Å². The normalized spacial score (nSPS) is 15.8. The lowest BCUT2D eigenvalue weighted by atomic mass is 10.0. The maximum absolute atomic E-state index is 13.8. The van der Waals surface area contributed by atoms with E-state index in [1.807, 2.05) is 6.92 Å². The molecular weight excluding hydrogens is 355 g/mol. The number of benzene rings is 1. The van der Waals surface area contributed by atoms with Crippen molar-refractivity contribution < 1.29 is 17.5 Å². The number of nitrogens with two attached hydrogens (primary N) is 1. The Labute approximate surface area is 156 Å². The maximum atomic E-state index is 13.8. The topological polar surface area (TPSA) is 81.4 Å². The van der Waals surface area contributed by atoms with E-state index in [1.165, 1.54) is 6.07 Å². The van der Waals surface area contributed by atoms with Crippen LogP contribution >= 0.6 is 0 Å². The first-order chi connectivity index (χ1) is 12.4. The molecule has 0 amide bonds. The largest absolute Gasteiger partial charge is 0.490 e. The molecule has 2 rings (SSSR count). The van der Waals surface area contributed by atoms with Gasteiger partial charge in [0.15, 0.2) is 11.6 Å². The Bertz CT molecular complexity index is 663. The van der Waals surface area contributed by atoms with Crippen molar-refractivity contribution in [2.24, 2.45) is 17.6 Å². The summed E-state index contributed by atoms with van der Waals surface area (Å²) in [6.07, 6.45) is 5.28. The van der Waals surface area contributed by atoms with E-state index in [-0.39, 0.29) is 17.5 Å². The molecule has 0 radical (unpaired) electrons. The maximum Gasteiger partial charge on any atom is 0.211 e. The Morgan fingerprint density at radius 3 is 2.77 bits per heavy atom. The Hall–Kier alpha value is -1.18. The van der Waals surface area contributed by atoms with Crippen molar-refractivity contribution in [1.29, 1.82) is 0 Å². The number of hydrogen-bond acceptors (Lipinski definition) is 4. The van der Waals surface area contributed by atoms with E-state index in [4.69, 9.17) is 10.5 Å². The number of rotatable bonds is 13. The van der Waals surface area contributed by atoms with Gasteiger partial charge in [-0.1, -0.05) is 19.4 Å². The fourth-order valence-corrected chi connectivity index (χ4v) is 3.97. The van der Waals surface area contributed by atoms with E-state index in [9.17, 15) is 12.8 Å². The molecule has 5 nitrogen and oxygen atoms in total. The van der Waals surface area contributed by atoms with Crippen LogP contribution in [-0.2, 0) is 16.4 Å². The quantitative estimate of drug-likeness (QED) is 0.511. The summed E-state index contributed by atoms with van der Waals surface area (Å²) in [5.41, 5.74) is 6.36. The van der Waals surface area contributed by atoms with Gasteiger partial charge < -0.3 is 10.5 Å². The molecule has 1 fully saturated rings. The van der Waals surface area contributed by atoms with Gasteiger partial charge in [-0.15, -0.1) is 0 Å². The van der Waals surface area contributed by atoms with Crippen LogP contribution in [0, 0.1) is 17.7 Å². The highest BCUT2D eigenvalue weighted by Gasteiger charge is 2.22. The van der Waals surface area contributed by atoms with Crippen LogP contribution in [0.5, 0.6) is 5.75 Å². The van der Waals surface area contributed by atoms with Crippen molar-refractivity contribution >= 4 is 10.0 Å². The van der Waals surface area contributed by atoms with Crippen LogP contribution in [0.2, 0.25) is 0 Å². The molecular formula is C19H31FN2O3S. The van der Waals surface area contributed by atoms with Gasteiger partial charge in [0.05, 0.1) is 12.4 Å². The van der Waals surface area contributed by atoms with Gasteiger partial charge in [-0.2, -0.15) is 0 Å². The average Bonchev–Trinajstić information content (AvgIpc) is 3.42. The van der Waals surface area contributed by atoms with Crippen LogP contribution in [0.1, 0.15) is 44.6 Å². The summed E-state index contributed by atoms with van der Waals surface area (Å²) in [6.45, 7) is 3.51. The molecule has 1 atom stereocenters. The first-order valence-electron chi connectivity index (χ1n) is 9.48. The molecule has 1 aromatic rings. The summed E-state index contributed by atoms with van der Waals surface area (Å²) in [5.74, 6) is 0.754. The zero-order chi connectivity index (χ0) is 19.0. The molecule has 0 aliphatic heterocycles. The Morgan fingerprint density at radius 1 is 1.31 bits per heavy atom. The lowest BCUT2D eigenvalue weighted by Crippen LogP contribution is -2.31. The molecule has 3 N–H and O–H groups in total. The van der Waals surface area contributed by atoms with Gasteiger partial charge in [-0.25, -0.2) is 17.5 Å². The van der Waals surface area contributed by atoms with Crippen molar-refractivity contribution in [2.75, 3.05) is 25.4 Å². The summed E-state index contributed by atoms with van der Waals surface area (Å²) in [6, 6.07) is 4.89. The zero-order valence-electron chi connectivity index (χ0n) is 15.5. The minimum Gasteiger partial charge on any atom is -0.490 e. The van der Waals surface area contributed by atoms with Crippen LogP contribution in [0.25, 0.3) is 0 Å². The van der Waals surface area contributed by atoms with Gasteiger partial charge in [0.1, 0.15) is 0 Å². The molecule has 0 spiro atoms. The summed E-state index contributed by atoms with van der Waals surface area (Å²) in [7, 11) is -3.25. The summed E-state index contributed by atoms with van der Waals surface area (Å²) < 4.78 is 46.0. The second-order valence-corrected chi connectivity index (χ2v) is 9.27. The third-order valence-electron chi connectivity index (χ3n) is 4.52. The van der Waals surface area contributed by atoms with E-state index in [2.05, 4.69) is 4.72 Å². The summed E-state index contributed by atoms with van der Waals surface area (Å²) >= 11 is 0. The van der Waals surface area contributed by atoms with E-state index in [1.54, 1.807) is 12.1 Å². The molecule has 1 saturated carbocycles. The zero-order valence-corrected chi connectivity index (χ0v) is 16.4. The van der Waals surface area contributed by atoms with Gasteiger partial charge in [-0.05, 0) is 68.2 Å². The molecule has 1 aliphatic carbocycles. The lowest BCUT2D eigenvalue weighted by molar-refractivity contribution is 0.285. The standard InChI is InChI=1S/C19H31FN2O3S/c1-15(13-22-26(23,24)10-4-2-3-9-21)11-17-7-8-18(20)19(12-17)25-14-16-5-6-16/h7-8,12,15-16,22H,2-6,9-11,13-14,21H2,1H3. The Kier molecular flexibility index (Phi) is 8.31. The Morgan fingerprint density at radius 2 is 2.08 bits per heavy atom. The average molecular weight is 387 g/mol. The van der Waals surface area contributed by atoms with Crippen LogP contribution in [0.4, 0.5) is 4.39 Å². The number of halogens is 1. The minimum atomic E-state index is -3.25. The van der Waals surface area contributed by atoms with Crippen LogP contribution in [-0.4, -0.2) is 33.9 Å². The second-order valence-electron chi connectivity index (χ2n) is 7.35. The number of unbranched alkanes of at least 4 members (excludes halogenated alkanes) is 2. The van der Waals surface area contributed by atoms with E-state index in [0.717, 1.165) is 31.2 Å². The van der Waals surface area contributed by atoms with Gasteiger partial charge in [0.2, 0.25) is 10.0 Å². The number of ether oxygens (including phenoxy) is 1. The molecule has 0 saturated heterocycles. The molecule has 0 heterocycles. The SMILES string of the molecule is CC(CNS(=O)(=O)CCCCCN)Cc1ccc(F)c(OCC2CC2)c1. The lowest BCUT2D eigenvalue weighted by Gasteiger charge is -2.14. The highest BCUT2D eigenvalue weighted by atomic mass is 32.2. The first kappa shape index (κ1) is 21.1. The van der Waals surface area contributed by atoms with Crippen molar-refractivity contribution in [2.45, 2.75) is 45.4 Å². The van der Waals surface area contributed by atoms with Gasteiger partial charge in [0, 0.05) is 6.54 Å². The molecule has 26 heavy (non-hydrogen) atoms. The van der Waals surface area contributed by atoms with Crippen LogP contribution < -0.4 is 15.2 Å². The number of hydrogen-bond donors (Lipinski definition) is 2. The summed E-state index contributed by atoms with van der Waals surface area (Å²) in [4.78, 5) is 0. The smallest absolute Gasteiger partial charge is 0.211 e. The van der Waals surface area contributed by atoms with Gasteiger partial charge in [-0.3, -0.25) is 0 Å². The predicted molar refractivity (Wildman–Crippen MR) is 102 cm³/mol. The highest BCUT2D eigenvalue weighted by molar-refractivity contribution is 7.89. The van der Waals surface area contributed by atoms with Crippen LogP contribution in [0.3, 0.4) is 0 Å². The fraction of sp³-hybridized carbons (Fsp3) is 0.684. The third-order valence-corrected chi connectivity index (χ3v) is 5.95. The molecule has 0 bridgehead atoms. The molecule has 1 aliphatic rings. The molecule has 1 unspecified atom stereocenters. The first-order valence-corrected chi connectivity index (χ1v) is 11.1. The van der Waals surface area contributed by atoms with E-state index >= 15 is 0 Å². The van der Waals surface area contributed by atoms with Gasteiger partial charge >= 0.3 is 0 Å². The van der Waals surface area contributed by atoms with Crippen LogP contribution in [0.15, 0.2) is 18.2 Å². The minimum absolute atomic E-state index is 0.107. The number of sulfonamides is 1. The molecule has 0 aromatic heterocycles. The van der Waals surface area contributed by atoms with Crippen molar-refractivity contribution in [1.82, 2.24) is 4.72 Å². The predicted octanol–water partition coefficient (Wildman–Crippen LogP) is 2.84. The second kappa shape index (κ2) is 10.2. The van der Waals surface area contributed by atoms with E-state index in [0.29, 0.717) is 44.2 Å². The van der Waals surface area contributed by atoms with Crippen molar-refractivity contribution in [3.63, 3.8) is 0 Å². The monoisotopic (exact) mass is 386 g/mol. The third kappa shape index (κ3) is 8.01. The van der Waals surface area contributed by atoms with Crippen molar-refractivity contribution in [3.05, 3.63) is 29.6 Å². The van der Waals surface area contributed by atoms with Crippen molar-refractivity contribution in [3.8, 4) is 5.75 Å². The number of nitrogens with one attached hydrogen (secondary N) is 1. The Balaban J connectivity index is 1.77. The highest BCUT2D eigenvalue weighted by Crippen LogP contribution is 2.30. The molecule has 1 aromatic carbocycles. The molecule has 148 valence electrons. The molecule has 7 heteroatoms.